The van der Waals surface area contributed by atoms with Gasteiger partial charge in [0, 0.05) is 24.1 Å². The molecular weight excluding hydrogens is 476 g/mol. The van der Waals surface area contributed by atoms with Gasteiger partial charge in [-0.3, -0.25) is 18.5 Å². The molecule has 0 aliphatic rings. The molecule has 2 aromatic heterocycles. The average Bonchev–Trinajstić information content (AvgIpc) is 3.13. The summed E-state index contributed by atoms with van der Waals surface area (Å²) in [4.78, 5) is 29.8. The minimum Gasteiger partial charge on any atom is -0.507 e. The maximum atomic E-state index is 12.9. The van der Waals surface area contributed by atoms with Crippen LogP contribution in [0.1, 0.15) is 16.7 Å². The van der Waals surface area contributed by atoms with Crippen molar-refractivity contribution in [3.8, 4) is 5.75 Å². The van der Waals surface area contributed by atoms with Gasteiger partial charge in [0.25, 0.3) is 5.56 Å². The normalized spacial score (nSPS) is 11.5. The van der Waals surface area contributed by atoms with Crippen molar-refractivity contribution in [1.29, 1.82) is 0 Å². The lowest BCUT2D eigenvalue weighted by molar-refractivity contribution is 0.474. The Morgan fingerprint density at radius 3 is 2.56 bits per heavy atom. The molecule has 0 aliphatic heterocycles. The van der Waals surface area contributed by atoms with Crippen LogP contribution in [-0.2, 0) is 20.6 Å². The van der Waals surface area contributed by atoms with E-state index in [0.29, 0.717) is 18.1 Å². The molecule has 4 aromatic rings. The summed E-state index contributed by atoms with van der Waals surface area (Å²) in [6, 6.07) is 12.9. The van der Waals surface area contributed by atoms with E-state index < -0.39 is 11.2 Å². The zero-order chi connectivity index (χ0) is 23.0. The Morgan fingerprint density at radius 1 is 1.12 bits per heavy atom. The molecule has 0 atom stereocenters. The van der Waals surface area contributed by atoms with E-state index in [1.807, 2.05) is 31.2 Å². The van der Waals surface area contributed by atoms with Gasteiger partial charge in [-0.1, -0.05) is 45.8 Å². The fraction of sp³-hybridized carbons (Fsp3) is 0.182. The second kappa shape index (κ2) is 8.46. The molecule has 0 bridgehead atoms. The highest BCUT2D eigenvalue weighted by Gasteiger charge is 2.19. The van der Waals surface area contributed by atoms with Gasteiger partial charge >= 0.3 is 5.69 Å². The lowest BCUT2D eigenvalue weighted by Gasteiger charge is -2.09. The van der Waals surface area contributed by atoms with Crippen LogP contribution in [0.15, 0.2) is 61.6 Å². The number of nitrogens with one attached hydrogen (secondary N) is 1. The SMILES string of the molecule is Cc1ccc(Cn2c(NN=Cc3cc(Br)ccc3O)nc3c2c(=O)n(C)c(=O)n3C)cc1. The molecule has 2 N–H and O–H groups in total. The van der Waals surface area contributed by atoms with Gasteiger partial charge in [-0.25, -0.2) is 10.2 Å². The summed E-state index contributed by atoms with van der Waals surface area (Å²) >= 11 is 3.36. The van der Waals surface area contributed by atoms with E-state index in [1.54, 1.807) is 29.8 Å². The van der Waals surface area contributed by atoms with Crippen molar-refractivity contribution in [1.82, 2.24) is 18.7 Å². The number of hydrazone groups is 1. The lowest BCUT2D eigenvalue weighted by Crippen LogP contribution is -2.37. The van der Waals surface area contributed by atoms with Gasteiger partial charge < -0.3 is 5.11 Å². The number of aromatic hydroxyl groups is 1. The number of fused-ring (bicyclic) bond motifs is 1. The van der Waals surface area contributed by atoms with Crippen LogP contribution in [0.5, 0.6) is 5.75 Å². The Labute approximate surface area is 191 Å². The van der Waals surface area contributed by atoms with Crippen LogP contribution >= 0.6 is 15.9 Å². The van der Waals surface area contributed by atoms with Gasteiger partial charge in [0.15, 0.2) is 11.2 Å². The molecule has 10 heteroatoms. The third-order valence-corrected chi connectivity index (χ3v) is 5.66. The molecule has 0 saturated carbocycles. The summed E-state index contributed by atoms with van der Waals surface area (Å²) in [5.41, 5.74) is 5.08. The zero-order valence-electron chi connectivity index (χ0n) is 17.7. The number of imidazole rings is 1. The van der Waals surface area contributed by atoms with Crippen molar-refractivity contribution in [2.24, 2.45) is 19.2 Å². The second-order valence-corrected chi connectivity index (χ2v) is 8.37. The first kappa shape index (κ1) is 21.6. The Bertz CT molecular complexity index is 1460. The van der Waals surface area contributed by atoms with Crippen molar-refractivity contribution < 1.29 is 5.11 Å². The maximum Gasteiger partial charge on any atom is 0.332 e. The minimum atomic E-state index is -0.461. The quantitative estimate of drug-likeness (QED) is 0.326. The molecule has 0 radical (unpaired) electrons. The standard InChI is InChI=1S/C22H21BrN6O3/c1-13-4-6-14(7-5-13)12-29-18-19(27(2)22(32)28(3)20(18)31)25-21(29)26-24-11-15-10-16(23)8-9-17(15)30/h4-11,30H,12H2,1-3H3,(H,25,26). The van der Waals surface area contributed by atoms with Crippen LogP contribution in [0.25, 0.3) is 11.2 Å². The first-order chi connectivity index (χ1) is 15.3. The van der Waals surface area contributed by atoms with Crippen molar-refractivity contribution in [2.45, 2.75) is 13.5 Å². The molecule has 9 nitrogen and oxygen atoms in total. The summed E-state index contributed by atoms with van der Waals surface area (Å²) in [7, 11) is 3.01. The van der Waals surface area contributed by atoms with E-state index >= 15 is 0 Å². The monoisotopic (exact) mass is 496 g/mol. The number of hydrogen-bond donors (Lipinski definition) is 2. The number of halogens is 1. The number of aryl methyl sites for hydroxylation is 2. The molecule has 4 rings (SSSR count). The van der Waals surface area contributed by atoms with Gasteiger partial charge in [0.05, 0.1) is 12.8 Å². The van der Waals surface area contributed by atoms with E-state index in [0.717, 1.165) is 20.2 Å². The highest BCUT2D eigenvalue weighted by molar-refractivity contribution is 9.10. The van der Waals surface area contributed by atoms with Gasteiger partial charge in [0.1, 0.15) is 5.75 Å². The number of aromatic nitrogens is 4. The first-order valence-corrected chi connectivity index (χ1v) is 10.5. The van der Waals surface area contributed by atoms with Crippen LogP contribution in [0.4, 0.5) is 5.95 Å². The molecule has 0 aliphatic carbocycles. The number of phenolic OH excluding ortho intramolecular Hbond substituents is 1. The Balaban J connectivity index is 1.82. The zero-order valence-corrected chi connectivity index (χ0v) is 19.3. The molecule has 0 spiro atoms. The van der Waals surface area contributed by atoms with E-state index in [4.69, 9.17) is 0 Å². The smallest absolute Gasteiger partial charge is 0.332 e. The number of hydrogen-bond acceptors (Lipinski definition) is 6. The van der Waals surface area contributed by atoms with Crippen LogP contribution in [0.3, 0.4) is 0 Å². The fourth-order valence-corrected chi connectivity index (χ4v) is 3.73. The van der Waals surface area contributed by atoms with Gasteiger partial charge in [-0.05, 0) is 30.7 Å². The predicted octanol–water partition coefficient (Wildman–Crippen LogP) is 2.70. The molecule has 164 valence electrons. The average molecular weight is 497 g/mol. The van der Waals surface area contributed by atoms with Crippen LogP contribution in [0, 0.1) is 6.92 Å². The number of benzene rings is 2. The Morgan fingerprint density at radius 2 is 1.84 bits per heavy atom. The van der Waals surface area contributed by atoms with E-state index in [2.05, 4.69) is 31.4 Å². The summed E-state index contributed by atoms with van der Waals surface area (Å²) in [6.07, 6.45) is 1.45. The van der Waals surface area contributed by atoms with Crippen molar-refractivity contribution in [3.63, 3.8) is 0 Å². The maximum absolute atomic E-state index is 12.9. The highest BCUT2D eigenvalue weighted by atomic mass is 79.9. The van der Waals surface area contributed by atoms with Crippen LogP contribution in [0.2, 0.25) is 0 Å². The largest absolute Gasteiger partial charge is 0.507 e. The third-order valence-electron chi connectivity index (χ3n) is 5.17. The van der Waals surface area contributed by atoms with Gasteiger partial charge in [-0.15, -0.1) is 0 Å². The highest BCUT2D eigenvalue weighted by Crippen LogP contribution is 2.21. The molecule has 0 fully saturated rings. The number of phenols is 1. The summed E-state index contributed by atoms with van der Waals surface area (Å²) in [6.45, 7) is 2.35. The Hall–Kier alpha value is -3.66. The van der Waals surface area contributed by atoms with Crippen LogP contribution in [-0.4, -0.2) is 30.0 Å². The topological polar surface area (TPSA) is 106 Å². The third kappa shape index (κ3) is 3.96. The Kier molecular flexibility index (Phi) is 5.70. The molecule has 0 unspecified atom stereocenters. The minimum absolute atomic E-state index is 0.0724. The predicted molar refractivity (Wildman–Crippen MR) is 128 cm³/mol. The molecule has 0 saturated heterocycles. The van der Waals surface area contributed by atoms with Gasteiger partial charge in [0.2, 0.25) is 5.95 Å². The van der Waals surface area contributed by atoms with E-state index in [9.17, 15) is 14.7 Å². The van der Waals surface area contributed by atoms with E-state index in [-0.39, 0.29) is 16.9 Å². The first-order valence-electron chi connectivity index (χ1n) is 9.75. The van der Waals surface area contributed by atoms with Gasteiger partial charge in [-0.2, -0.15) is 10.1 Å². The summed E-state index contributed by atoms with van der Waals surface area (Å²) in [5.74, 6) is 0.368. The fourth-order valence-electron chi connectivity index (χ4n) is 3.35. The van der Waals surface area contributed by atoms with Crippen molar-refractivity contribution >= 4 is 39.3 Å². The molecule has 0 amide bonds. The summed E-state index contributed by atoms with van der Waals surface area (Å²) < 4.78 is 4.88. The second-order valence-electron chi connectivity index (χ2n) is 7.46. The van der Waals surface area contributed by atoms with Crippen molar-refractivity contribution in [2.75, 3.05) is 5.43 Å². The van der Waals surface area contributed by atoms with Crippen LogP contribution < -0.4 is 16.7 Å². The number of anilines is 1. The van der Waals surface area contributed by atoms with E-state index in [1.165, 1.54) is 17.8 Å². The molecule has 2 aromatic carbocycles. The lowest BCUT2D eigenvalue weighted by atomic mass is 10.1. The number of nitrogens with zero attached hydrogens (tertiary/aromatic N) is 5. The molecule has 32 heavy (non-hydrogen) atoms. The summed E-state index contributed by atoms with van der Waals surface area (Å²) in [5, 5.41) is 14.2. The molecular formula is C22H21BrN6O3. The van der Waals surface area contributed by atoms with Crippen molar-refractivity contribution in [3.05, 3.63) is 84.5 Å². The number of rotatable bonds is 5. The molecule has 2 heterocycles.